The Morgan fingerprint density at radius 2 is 2.22 bits per heavy atom. The third-order valence-corrected chi connectivity index (χ3v) is 4.76. The fraction of sp³-hybridized carbons (Fsp3) is 0.429. The van der Waals surface area contributed by atoms with E-state index in [0.717, 1.165) is 18.5 Å². The van der Waals surface area contributed by atoms with Crippen LogP contribution in [-0.2, 0) is 24.8 Å². The summed E-state index contributed by atoms with van der Waals surface area (Å²) in [5.74, 6) is 0.363. The molecule has 0 aliphatic rings. The fourth-order valence-corrected chi connectivity index (χ4v) is 3.24. The lowest BCUT2D eigenvalue weighted by molar-refractivity contribution is 0.101. The molecule has 3 aromatic rings. The number of amides is 1. The molecule has 3 rings (SSSR count). The highest BCUT2D eigenvalue weighted by Crippen LogP contribution is 2.19. The van der Waals surface area contributed by atoms with Crippen LogP contribution in [0.25, 0.3) is 0 Å². The first-order chi connectivity index (χ1) is 15.5. The van der Waals surface area contributed by atoms with Crippen molar-refractivity contribution in [2.24, 2.45) is 7.05 Å². The Morgan fingerprint density at radius 3 is 2.97 bits per heavy atom. The minimum atomic E-state index is -0.306. The second-order valence-electron chi connectivity index (χ2n) is 7.24. The molecular weight excluding hydrogens is 412 g/mol. The standard InChI is InChI=1S/C21H26N8O3/c1-4-5-17(32-21-14(12-22)8-9-23-27-21)7-6-15-11-19(26-25-15)24-20(30)18-10-16(13-31-3)28-29(18)2/h8-11,17H,4-7,13H2,1-3H3,(H2,24,25,26,30). The van der Waals surface area contributed by atoms with E-state index >= 15 is 0 Å². The van der Waals surface area contributed by atoms with Gasteiger partial charge in [-0.05, 0) is 31.4 Å². The average Bonchev–Trinajstić information content (AvgIpc) is 3.38. The monoisotopic (exact) mass is 438 g/mol. The SMILES string of the molecule is CCCC(CCc1cc(NC(=O)c2cc(COC)nn2C)n[nH]1)Oc1nnccc1C#N. The molecule has 0 saturated heterocycles. The van der Waals surface area contributed by atoms with Gasteiger partial charge in [0.1, 0.15) is 23.4 Å². The highest BCUT2D eigenvalue weighted by Gasteiger charge is 2.17. The van der Waals surface area contributed by atoms with Crippen molar-refractivity contribution >= 4 is 11.7 Å². The van der Waals surface area contributed by atoms with Crippen LogP contribution in [0.15, 0.2) is 24.4 Å². The molecule has 0 aromatic carbocycles. The third kappa shape index (κ3) is 5.89. The molecule has 0 aliphatic carbocycles. The summed E-state index contributed by atoms with van der Waals surface area (Å²) in [7, 11) is 3.28. The van der Waals surface area contributed by atoms with Crippen molar-refractivity contribution in [1.29, 1.82) is 5.26 Å². The maximum Gasteiger partial charge on any atom is 0.275 e. The summed E-state index contributed by atoms with van der Waals surface area (Å²) in [6.45, 7) is 2.40. The van der Waals surface area contributed by atoms with Gasteiger partial charge in [-0.15, -0.1) is 5.10 Å². The van der Waals surface area contributed by atoms with Crippen molar-refractivity contribution in [3.63, 3.8) is 0 Å². The number of hydrogen-bond acceptors (Lipinski definition) is 8. The number of H-pyrrole nitrogens is 1. The van der Waals surface area contributed by atoms with Gasteiger partial charge in [0.05, 0.1) is 18.5 Å². The molecule has 168 valence electrons. The molecule has 0 spiro atoms. The first-order valence-corrected chi connectivity index (χ1v) is 10.3. The number of nitrogens with one attached hydrogen (secondary N) is 2. The number of aromatic nitrogens is 6. The van der Waals surface area contributed by atoms with Gasteiger partial charge in [0.2, 0.25) is 0 Å². The molecule has 2 N–H and O–H groups in total. The fourth-order valence-electron chi connectivity index (χ4n) is 3.24. The first-order valence-electron chi connectivity index (χ1n) is 10.3. The van der Waals surface area contributed by atoms with Gasteiger partial charge in [0, 0.05) is 25.9 Å². The molecule has 0 fully saturated rings. The molecule has 0 bridgehead atoms. The molecular formula is C21H26N8O3. The Balaban J connectivity index is 1.59. The average molecular weight is 438 g/mol. The lowest BCUT2D eigenvalue weighted by Crippen LogP contribution is -2.19. The van der Waals surface area contributed by atoms with Crippen LogP contribution in [0.5, 0.6) is 5.88 Å². The largest absolute Gasteiger partial charge is 0.472 e. The van der Waals surface area contributed by atoms with E-state index < -0.39 is 0 Å². The van der Waals surface area contributed by atoms with Crippen molar-refractivity contribution in [2.45, 2.75) is 45.3 Å². The van der Waals surface area contributed by atoms with Crippen molar-refractivity contribution in [1.82, 2.24) is 30.2 Å². The number of carbonyl (C=O) groups is 1. The van der Waals surface area contributed by atoms with Crippen LogP contribution in [0.3, 0.4) is 0 Å². The summed E-state index contributed by atoms with van der Waals surface area (Å²) in [4.78, 5) is 12.6. The van der Waals surface area contributed by atoms with Crippen LogP contribution >= 0.6 is 0 Å². The van der Waals surface area contributed by atoms with E-state index in [1.54, 1.807) is 32.4 Å². The first kappa shape index (κ1) is 22.9. The number of hydrogen-bond donors (Lipinski definition) is 2. The molecule has 3 aromatic heterocycles. The van der Waals surface area contributed by atoms with Crippen LogP contribution in [0.1, 0.15) is 53.6 Å². The van der Waals surface area contributed by atoms with Crippen LogP contribution in [0.4, 0.5) is 5.82 Å². The number of nitriles is 1. The maximum atomic E-state index is 12.6. The van der Waals surface area contributed by atoms with Crippen molar-refractivity contribution < 1.29 is 14.3 Å². The lowest BCUT2D eigenvalue weighted by atomic mass is 10.1. The third-order valence-electron chi connectivity index (χ3n) is 4.76. The van der Waals surface area contributed by atoms with Crippen molar-refractivity contribution in [3.05, 3.63) is 47.0 Å². The predicted molar refractivity (Wildman–Crippen MR) is 115 cm³/mol. The van der Waals surface area contributed by atoms with Crippen LogP contribution in [0, 0.1) is 11.3 Å². The molecule has 0 radical (unpaired) electrons. The van der Waals surface area contributed by atoms with Gasteiger partial charge in [0.15, 0.2) is 5.82 Å². The Kier molecular flexibility index (Phi) is 7.88. The Morgan fingerprint density at radius 1 is 1.38 bits per heavy atom. The van der Waals surface area contributed by atoms with E-state index in [1.807, 2.05) is 0 Å². The highest BCUT2D eigenvalue weighted by atomic mass is 16.5. The zero-order valence-corrected chi connectivity index (χ0v) is 18.3. The summed E-state index contributed by atoms with van der Waals surface area (Å²) < 4.78 is 12.5. The summed E-state index contributed by atoms with van der Waals surface area (Å²) in [6.07, 6.45) is 4.41. The quantitative estimate of drug-likeness (QED) is 0.464. The summed E-state index contributed by atoms with van der Waals surface area (Å²) in [5.41, 5.74) is 2.30. The van der Waals surface area contributed by atoms with E-state index in [2.05, 4.69) is 43.8 Å². The Labute approximate surface area is 185 Å². The van der Waals surface area contributed by atoms with Gasteiger partial charge >= 0.3 is 0 Å². The van der Waals surface area contributed by atoms with E-state index in [9.17, 15) is 10.1 Å². The molecule has 11 nitrogen and oxygen atoms in total. The zero-order valence-electron chi connectivity index (χ0n) is 18.3. The minimum Gasteiger partial charge on any atom is -0.472 e. The molecule has 1 atom stereocenters. The van der Waals surface area contributed by atoms with E-state index in [4.69, 9.17) is 9.47 Å². The molecule has 1 amide bonds. The molecule has 0 aliphatic heterocycles. The van der Waals surface area contributed by atoms with Crippen LogP contribution in [-0.4, -0.2) is 49.3 Å². The summed E-state index contributed by atoms with van der Waals surface area (Å²) in [6, 6.07) is 7.12. The van der Waals surface area contributed by atoms with Crippen molar-refractivity contribution in [3.8, 4) is 11.9 Å². The Bertz CT molecular complexity index is 1080. The van der Waals surface area contributed by atoms with Gasteiger partial charge in [-0.25, -0.2) is 0 Å². The van der Waals surface area contributed by atoms with Crippen molar-refractivity contribution in [2.75, 3.05) is 12.4 Å². The number of anilines is 1. The lowest BCUT2D eigenvalue weighted by Gasteiger charge is -2.17. The zero-order chi connectivity index (χ0) is 22.9. The smallest absolute Gasteiger partial charge is 0.275 e. The van der Waals surface area contributed by atoms with Crippen LogP contribution in [0.2, 0.25) is 0 Å². The molecule has 11 heteroatoms. The summed E-state index contributed by atoms with van der Waals surface area (Å²) >= 11 is 0. The van der Waals surface area contributed by atoms with E-state index in [-0.39, 0.29) is 17.9 Å². The maximum absolute atomic E-state index is 12.6. The second kappa shape index (κ2) is 11.0. The topological polar surface area (TPSA) is 144 Å². The summed E-state index contributed by atoms with van der Waals surface area (Å²) in [5, 5.41) is 31.1. The molecule has 0 saturated carbocycles. The normalized spacial score (nSPS) is 11.7. The number of rotatable bonds is 11. The number of aryl methyl sites for hydroxylation is 2. The number of carbonyl (C=O) groups excluding carboxylic acids is 1. The molecule has 3 heterocycles. The number of aromatic amines is 1. The minimum absolute atomic E-state index is 0.126. The van der Waals surface area contributed by atoms with Gasteiger partial charge in [-0.3, -0.25) is 14.6 Å². The van der Waals surface area contributed by atoms with Gasteiger partial charge in [-0.1, -0.05) is 13.3 Å². The number of ether oxygens (including phenoxy) is 2. The number of nitrogens with zero attached hydrogens (tertiary/aromatic N) is 6. The van der Waals surface area contributed by atoms with Crippen LogP contribution < -0.4 is 10.1 Å². The second-order valence-corrected chi connectivity index (χ2v) is 7.24. The van der Waals surface area contributed by atoms with E-state index in [1.165, 1.54) is 10.9 Å². The van der Waals surface area contributed by atoms with Gasteiger partial charge in [-0.2, -0.15) is 20.6 Å². The molecule has 32 heavy (non-hydrogen) atoms. The van der Waals surface area contributed by atoms with Gasteiger partial charge in [0.25, 0.3) is 11.8 Å². The Hall–Kier alpha value is -3.78. The highest BCUT2D eigenvalue weighted by molar-refractivity contribution is 6.02. The van der Waals surface area contributed by atoms with E-state index in [0.29, 0.717) is 42.2 Å². The predicted octanol–water partition coefficient (Wildman–Crippen LogP) is 2.38. The molecule has 1 unspecified atom stereocenters. The van der Waals surface area contributed by atoms with Gasteiger partial charge < -0.3 is 14.8 Å². The number of methoxy groups -OCH3 is 1.